The van der Waals surface area contributed by atoms with Crippen LogP contribution in [0.25, 0.3) is 0 Å². The predicted molar refractivity (Wildman–Crippen MR) is 92.0 cm³/mol. The van der Waals surface area contributed by atoms with Crippen LogP contribution >= 0.6 is 0 Å². The summed E-state index contributed by atoms with van der Waals surface area (Å²) < 4.78 is 5.18. The first-order valence-electron chi connectivity index (χ1n) is 7.95. The van der Waals surface area contributed by atoms with E-state index in [9.17, 15) is 14.4 Å². The first-order valence-corrected chi connectivity index (χ1v) is 7.95. The molecular weight excluding hydrogens is 324 g/mol. The largest absolute Gasteiger partial charge is 0.497 e. The van der Waals surface area contributed by atoms with Gasteiger partial charge < -0.3 is 14.6 Å². The Kier molecular flexibility index (Phi) is 4.71. The topological polar surface area (TPSA) is 98.5 Å². The minimum Gasteiger partial charge on any atom is -0.497 e. The van der Waals surface area contributed by atoms with Crippen LogP contribution in [0.15, 0.2) is 39.9 Å². The summed E-state index contributed by atoms with van der Waals surface area (Å²) in [5.74, 6) is 0.422. The fourth-order valence-electron chi connectivity index (χ4n) is 3.00. The SMILES string of the molecule is COc1ccc(C2CN(C(=O)c3cc(=O)[nH]c(=O)[nH]3)CCN2C)cc1. The van der Waals surface area contributed by atoms with Crippen LogP contribution in [0.3, 0.4) is 0 Å². The van der Waals surface area contributed by atoms with Crippen LogP contribution in [-0.2, 0) is 0 Å². The lowest BCUT2D eigenvalue weighted by atomic mass is 10.0. The third-order valence-corrected chi connectivity index (χ3v) is 4.43. The molecule has 8 nitrogen and oxygen atoms in total. The van der Waals surface area contributed by atoms with Crippen LogP contribution in [0.4, 0.5) is 0 Å². The second kappa shape index (κ2) is 6.94. The zero-order valence-electron chi connectivity index (χ0n) is 14.1. The van der Waals surface area contributed by atoms with Gasteiger partial charge in [-0.15, -0.1) is 0 Å². The van der Waals surface area contributed by atoms with E-state index in [1.807, 2.05) is 31.3 Å². The van der Waals surface area contributed by atoms with Gasteiger partial charge in [-0.05, 0) is 24.7 Å². The summed E-state index contributed by atoms with van der Waals surface area (Å²) in [5.41, 5.74) is -0.198. The Balaban J connectivity index is 1.82. The smallest absolute Gasteiger partial charge is 0.326 e. The zero-order valence-corrected chi connectivity index (χ0v) is 14.1. The van der Waals surface area contributed by atoms with Crippen molar-refractivity contribution in [2.24, 2.45) is 0 Å². The monoisotopic (exact) mass is 344 g/mol. The average Bonchev–Trinajstić information content (AvgIpc) is 2.61. The number of nitrogens with one attached hydrogen (secondary N) is 2. The minimum absolute atomic E-state index is 0.00628. The third-order valence-electron chi connectivity index (χ3n) is 4.43. The van der Waals surface area contributed by atoms with Crippen molar-refractivity contribution in [2.45, 2.75) is 6.04 Å². The van der Waals surface area contributed by atoms with Crippen LogP contribution in [0, 0.1) is 0 Å². The van der Waals surface area contributed by atoms with Gasteiger partial charge in [0.05, 0.1) is 13.2 Å². The normalized spacial score (nSPS) is 18.2. The summed E-state index contributed by atoms with van der Waals surface area (Å²) in [6, 6.07) is 8.87. The summed E-state index contributed by atoms with van der Waals surface area (Å²) in [4.78, 5) is 43.8. The Labute approximate surface area is 144 Å². The Hall–Kier alpha value is -2.87. The van der Waals surface area contributed by atoms with Crippen LogP contribution in [-0.4, -0.2) is 59.5 Å². The number of ether oxygens (including phenoxy) is 1. The number of carbonyl (C=O) groups is 1. The molecule has 0 bridgehead atoms. The highest BCUT2D eigenvalue weighted by Crippen LogP contribution is 2.26. The summed E-state index contributed by atoms with van der Waals surface area (Å²) in [7, 11) is 3.62. The molecule has 1 saturated heterocycles. The second-order valence-corrected chi connectivity index (χ2v) is 6.02. The van der Waals surface area contributed by atoms with Gasteiger partial charge in [0.15, 0.2) is 0 Å². The molecule has 1 atom stereocenters. The maximum absolute atomic E-state index is 12.7. The van der Waals surface area contributed by atoms with E-state index in [1.165, 1.54) is 0 Å². The lowest BCUT2D eigenvalue weighted by Gasteiger charge is -2.39. The molecule has 0 spiro atoms. The van der Waals surface area contributed by atoms with Crippen molar-refractivity contribution in [1.29, 1.82) is 0 Å². The van der Waals surface area contributed by atoms with Gasteiger partial charge in [0.25, 0.3) is 11.5 Å². The number of benzene rings is 1. The quantitative estimate of drug-likeness (QED) is 0.829. The summed E-state index contributed by atoms with van der Waals surface area (Å²) in [5, 5.41) is 0. The van der Waals surface area contributed by atoms with Crippen molar-refractivity contribution in [2.75, 3.05) is 33.8 Å². The summed E-state index contributed by atoms with van der Waals surface area (Å²) in [6.07, 6.45) is 0. The van der Waals surface area contributed by atoms with E-state index >= 15 is 0 Å². The van der Waals surface area contributed by atoms with Gasteiger partial charge in [-0.2, -0.15) is 0 Å². The molecule has 0 saturated carbocycles. The Morgan fingerprint density at radius 1 is 1.16 bits per heavy atom. The third kappa shape index (κ3) is 3.63. The number of methoxy groups -OCH3 is 1. The van der Waals surface area contributed by atoms with Crippen molar-refractivity contribution >= 4 is 5.91 Å². The van der Waals surface area contributed by atoms with E-state index in [1.54, 1.807) is 12.0 Å². The first kappa shape index (κ1) is 17.0. The van der Waals surface area contributed by atoms with Crippen LogP contribution < -0.4 is 16.0 Å². The number of hydrogen-bond donors (Lipinski definition) is 2. The van der Waals surface area contributed by atoms with Gasteiger partial charge in [-0.3, -0.25) is 19.5 Å². The fraction of sp³-hybridized carbons (Fsp3) is 0.353. The molecule has 3 rings (SSSR count). The van der Waals surface area contributed by atoms with E-state index in [4.69, 9.17) is 4.74 Å². The predicted octanol–water partition coefficient (Wildman–Crippen LogP) is 0.201. The number of amides is 1. The zero-order chi connectivity index (χ0) is 18.0. The Morgan fingerprint density at radius 2 is 1.88 bits per heavy atom. The van der Waals surface area contributed by atoms with E-state index in [-0.39, 0.29) is 17.6 Å². The van der Waals surface area contributed by atoms with Gasteiger partial charge in [-0.25, -0.2) is 4.79 Å². The van der Waals surface area contributed by atoms with Gasteiger partial charge in [0.2, 0.25) is 0 Å². The molecule has 2 N–H and O–H groups in total. The average molecular weight is 344 g/mol. The highest BCUT2D eigenvalue weighted by molar-refractivity contribution is 5.92. The molecule has 1 fully saturated rings. The number of hydrogen-bond acceptors (Lipinski definition) is 5. The number of piperazine rings is 1. The second-order valence-electron chi connectivity index (χ2n) is 6.02. The lowest BCUT2D eigenvalue weighted by Crippen LogP contribution is -2.49. The van der Waals surface area contributed by atoms with Crippen molar-refractivity contribution in [3.05, 3.63) is 62.4 Å². The summed E-state index contributed by atoms with van der Waals surface area (Å²) in [6.45, 7) is 1.68. The molecular formula is C17H20N4O4. The number of likely N-dealkylation sites (N-methyl/N-ethyl adjacent to an activating group) is 1. The van der Waals surface area contributed by atoms with E-state index < -0.39 is 11.2 Å². The minimum atomic E-state index is -0.684. The lowest BCUT2D eigenvalue weighted by molar-refractivity contribution is 0.0540. The maximum atomic E-state index is 12.7. The van der Waals surface area contributed by atoms with Crippen LogP contribution in [0.5, 0.6) is 5.75 Å². The number of nitrogens with zero attached hydrogens (tertiary/aromatic N) is 2. The maximum Gasteiger partial charge on any atom is 0.326 e. The Bertz CT molecular complexity index is 843. The highest BCUT2D eigenvalue weighted by Gasteiger charge is 2.29. The number of aromatic amines is 2. The standard InChI is InChI=1S/C17H20N4O4/c1-20-7-8-21(16(23)13-9-15(22)19-17(24)18-13)10-14(20)11-3-5-12(25-2)6-4-11/h3-6,9,14H,7-8,10H2,1-2H3,(H2,18,19,22,24). The molecule has 1 unspecified atom stereocenters. The van der Waals surface area contributed by atoms with E-state index in [0.717, 1.165) is 17.4 Å². The summed E-state index contributed by atoms with van der Waals surface area (Å²) >= 11 is 0. The molecule has 132 valence electrons. The Morgan fingerprint density at radius 3 is 2.52 bits per heavy atom. The van der Waals surface area contributed by atoms with Crippen molar-refractivity contribution in [3.63, 3.8) is 0 Å². The van der Waals surface area contributed by atoms with E-state index in [0.29, 0.717) is 19.6 Å². The van der Waals surface area contributed by atoms with Crippen molar-refractivity contribution in [3.8, 4) is 5.75 Å². The number of aromatic nitrogens is 2. The van der Waals surface area contributed by atoms with Gasteiger partial charge in [0, 0.05) is 25.7 Å². The number of rotatable bonds is 3. The van der Waals surface area contributed by atoms with Crippen molar-refractivity contribution < 1.29 is 9.53 Å². The van der Waals surface area contributed by atoms with Gasteiger partial charge in [0.1, 0.15) is 11.4 Å². The van der Waals surface area contributed by atoms with E-state index in [2.05, 4.69) is 14.9 Å². The molecule has 2 heterocycles. The molecule has 8 heteroatoms. The molecule has 0 radical (unpaired) electrons. The van der Waals surface area contributed by atoms with Crippen LogP contribution in [0.1, 0.15) is 22.1 Å². The molecule has 1 aliphatic heterocycles. The molecule has 25 heavy (non-hydrogen) atoms. The molecule has 1 aliphatic rings. The molecule has 2 aromatic rings. The molecule has 1 aromatic heterocycles. The first-order chi connectivity index (χ1) is 12.0. The highest BCUT2D eigenvalue weighted by atomic mass is 16.5. The van der Waals surface area contributed by atoms with Gasteiger partial charge >= 0.3 is 5.69 Å². The molecule has 1 amide bonds. The van der Waals surface area contributed by atoms with Crippen molar-refractivity contribution in [1.82, 2.24) is 19.8 Å². The fourth-order valence-corrected chi connectivity index (χ4v) is 3.00. The molecule has 1 aromatic carbocycles. The molecule has 0 aliphatic carbocycles. The number of carbonyl (C=O) groups excluding carboxylic acids is 1. The van der Waals surface area contributed by atoms with Gasteiger partial charge in [-0.1, -0.05) is 12.1 Å². The number of H-pyrrole nitrogens is 2. The van der Waals surface area contributed by atoms with Crippen LogP contribution in [0.2, 0.25) is 0 Å².